The molecule has 0 N–H and O–H groups in total. The van der Waals surface area contributed by atoms with E-state index in [-0.39, 0.29) is 5.41 Å². The van der Waals surface area contributed by atoms with E-state index in [1.165, 1.54) is 17.5 Å². The van der Waals surface area contributed by atoms with Crippen LogP contribution in [0.3, 0.4) is 0 Å². The van der Waals surface area contributed by atoms with Gasteiger partial charge in [0.1, 0.15) is 0 Å². The smallest absolute Gasteiger partial charge is 0.0804 e. The molecule has 0 fully saturated rings. The molecule has 0 saturated carbocycles. The van der Waals surface area contributed by atoms with E-state index in [9.17, 15) is 0 Å². The Morgan fingerprint density at radius 1 is 1.00 bits per heavy atom. The molecule has 0 aromatic heterocycles. The lowest BCUT2D eigenvalue weighted by atomic mass is 9.82. The van der Waals surface area contributed by atoms with Crippen LogP contribution < -0.4 is 0 Å². The molecular formula is C18H31N. The van der Waals surface area contributed by atoms with Crippen LogP contribution in [-0.2, 0) is 12.0 Å². The molecule has 19 heavy (non-hydrogen) atoms. The van der Waals surface area contributed by atoms with Crippen molar-refractivity contribution >= 4 is 0 Å². The Bertz CT molecular complexity index is 363. The van der Waals surface area contributed by atoms with Crippen molar-refractivity contribution in [2.75, 3.05) is 13.1 Å². The number of nitrogens with zero attached hydrogens (tertiary/aromatic N) is 1. The van der Waals surface area contributed by atoms with Crippen molar-refractivity contribution in [1.29, 1.82) is 0 Å². The second kappa shape index (κ2) is 6.56. The summed E-state index contributed by atoms with van der Waals surface area (Å²) in [6.07, 6.45) is 1.18. The van der Waals surface area contributed by atoms with E-state index in [0.717, 1.165) is 24.1 Å². The van der Waals surface area contributed by atoms with Crippen LogP contribution in [0.5, 0.6) is 0 Å². The zero-order valence-electron chi connectivity index (χ0n) is 13.7. The molecule has 0 heterocycles. The van der Waals surface area contributed by atoms with Crippen molar-refractivity contribution in [3.63, 3.8) is 0 Å². The predicted octanol–water partition coefficient (Wildman–Crippen LogP) is 4.91. The summed E-state index contributed by atoms with van der Waals surface area (Å²) in [6.45, 7) is 19.4. The third-order valence-corrected chi connectivity index (χ3v) is 4.92. The van der Waals surface area contributed by atoms with Gasteiger partial charge in [0.15, 0.2) is 0 Å². The third kappa shape index (κ3) is 3.82. The van der Waals surface area contributed by atoms with Gasteiger partial charge in [0.25, 0.3) is 0 Å². The first-order valence-corrected chi connectivity index (χ1v) is 7.68. The second-order valence-electron chi connectivity index (χ2n) is 6.20. The second-order valence-corrected chi connectivity index (χ2v) is 6.20. The highest BCUT2D eigenvalue weighted by Gasteiger charge is 2.19. The predicted molar refractivity (Wildman–Crippen MR) is 84.8 cm³/mol. The molecule has 0 atom stereocenters. The van der Waals surface area contributed by atoms with Crippen LogP contribution in [-0.4, -0.2) is 17.6 Å². The molecule has 1 nitrogen and oxygen atoms in total. The van der Waals surface area contributed by atoms with E-state index in [1.807, 2.05) is 0 Å². The van der Waals surface area contributed by atoms with Gasteiger partial charge in [0, 0.05) is 5.56 Å². The Morgan fingerprint density at radius 3 is 1.89 bits per heavy atom. The molecule has 1 rings (SSSR count). The van der Waals surface area contributed by atoms with Crippen LogP contribution in [0.1, 0.15) is 59.1 Å². The Hall–Kier alpha value is -0.820. The number of benzene rings is 1. The van der Waals surface area contributed by atoms with Crippen LogP contribution in [0.15, 0.2) is 24.3 Å². The molecule has 1 heteroatoms. The minimum Gasteiger partial charge on any atom is -0.451 e. The quantitative estimate of drug-likeness (QED) is 0.483. The lowest BCUT2D eigenvalue weighted by molar-refractivity contribution is -0.909. The molecule has 0 radical (unpaired) electrons. The van der Waals surface area contributed by atoms with E-state index in [0.29, 0.717) is 0 Å². The first kappa shape index (κ1) is 16.2. The van der Waals surface area contributed by atoms with E-state index < -0.39 is 0 Å². The van der Waals surface area contributed by atoms with Crippen LogP contribution in [0.4, 0.5) is 0 Å². The topological polar surface area (TPSA) is 0 Å². The normalized spacial score (nSPS) is 12.7. The third-order valence-electron chi connectivity index (χ3n) is 4.92. The Balaban J connectivity index is 2.88. The number of hydrogen-bond acceptors (Lipinski definition) is 0. The van der Waals surface area contributed by atoms with Crippen molar-refractivity contribution in [3.8, 4) is 0 Å². The fourth-order valence-electron chi connectivity index (χ4n) is 2.53. The standard InChI is InChI=1S/C18H31N/c1-7-18(5,6)17-13-11-16(12-14-17)15-19(8-2,9-3)10-4/h8,11-14H,7,9-10,15H2,1-6H3. The van der Waals surface area contributed by atoms with Gasteiger partial charge in [-0.3, -0.25) is 0 Å². The lowest BCUT2D eigenvalue weighted by Gasteiger charge is -2.45. The van der Waals surface area contributed by atoms with Gasteiger partial charge in [-0.25, -0.2) is 0 Å². The van der Waals surface area contributed by atoms with Crippen molar-refractivity contribution in [2.24, 2.45) is 0 Å². The summed E-state index contributed by atoms with van der Waals surface area (Å²) in [7, 11) is 0. The first-order valence-electron chi connectivity index (χ1n) is 7.68. The summed E-state index contributed by atoms with van der Waals surface area (Å²) in [5, 5.41) is 0. The van der Waals surface area contributed by atoms with Gasteiger partial charge in [-0.1, -0.05) is 45.0 Å². The minimum atomic E-state index is 0.289. The molecule has 1 aromatic rings. The van der Waals surface area contributed by atoms with E-state index >= 15 is 0 Å². The molecule has 0 aliphatic carbocycles. The fraction of sp³-hybridized carbons (Fsp3) is 0.611. The minimum absolute atomic E-state index is 0.289. The van der Waals surface area contributed by atoms with E-state index in [1.54, 1.807) is 0 Å². The molecular weight excluding hydrogens is 230 g/mol. The summed E-state index contributed by atoms with van der Waals surface area (Å²) >= 11 is 0. The van der Waals surface area contributed by atoms with Gasteiger partial charge >= 0.3 is 0 Å². The van der Waals surface area contributed by atoms with Gasteiger partial charge in [-0.15, -0.1) is 13.5 Å². The first-order chi connectivity index (χ1) is 8.93. The number of rotatable bonds is 7. The van der Waals surface area contributed by atoms with Crippen LogP contribution in [0.2, 0.25) is 0 Å². The summed E-state index contributed by atoms with van der Waals surface area (Å²) in [4.78, 5) is 0. The maximum Gasteiger partial charge on any atom is 0.0804 e. The van der Waals surface area contributed by atoms with Gasteiger partial charge < -0.3 is 4.48 Å². The Labute approximate surface area is 120 Å². The average molecular weight is 261 g/mol. The fourth-order valence-corrected chi connectivity index (χ4v) is 2.53. The molecule has 0 saturated heterocycles. The molecule has 0 amide bonds. The molecule has 0 bridgehead atoms. The highest BCUT2D eigenvalue weighted by molar-refractivity contribution is 5.27. The molecule has 0 aliphatic rings. The molecule has 108 valence electrons. The highest BCUT2D eigenvalue weighted by atomic mass is 15.3. The Morgan fingerprint density at radius 2 is 1.53 bits per heavy atom. The SMILES string of the molecule is C[CH-][N+](CC)(CC)Cc1ccc(C(C)(C)CC)cc1. The van der Waals surface area contributed by atoms with Crippen molar-refractivity contribution in [3.05, 3.63) is 41.9 Å². The van der Waals surface area contributed by atoms with Crippen LogP contribution in [0, 0.1) is 6.54 Å². The average Bonchev–Trinajstić information content (AvgIpc) is 2.45. The summed E-state index contributed by atoms with van der Waals surface area (Å²) < 4.78 is 1.07. The zero-order valence-corrected chi connectivity index (χ0v) is 13.7. The van der Waals surface area contributed by atoms with Crippen LogP contribution >= 0.6 is 0 Å². The Kier molecular flexibility index (Phi) is 5.61. The van der Waals surface area contributed by atoms with E-state index in [4.69, 9.17) is 0 Å². The molecule has 0 aliphatic heterocycles. The van der Waals surface area contributed by atoms with Gasteiger partial charge in [0.05, 0.1) is 19.6 Å². The van der Waals surface area contributed by atoms with Crippen molar-refractivity contribution < 1.29 is 4.48 Å². The van der Waals surface area contributed by atoms with Gasteiger partial charge in [-0.2, -0.15) is 0 Å². The lowest BCUT2D eigenvalue weighted by Crippen LogP contribution is -2.43. The summed E-state index contributed by atoms with van der Waals surface area (Å²) in [5.41, 5.74) is 3.18. The van der Waals surface area contributed by atoms with Crippen LogP contribution in [0.25, 0.3) is 0 Å². The van der Waals surface area contributed by atoms with Gasteiger partial charge in [-0.05, 0) is 31.2 Å². The summed E-state index contributed by atoms with van der Waals surface area (Å²) in [5.74, 6) is 0. The molecule has 0 spiro atoms. The largest absolute Gasteiger partial charge is 0.451 e. The van der Waals surface area contributed by atoms with Crippen molar-refractivity contribution in [2.45, 2.75) is 59.9 Å². The zero-order chi connectivity index (χ0) is 14.5. The van der Waals surface area contributed by atoms with Crippen molar-refractivity contribution in [1.82, 2.24) is 0 Å². The van der Waals surface area contributed by atoms with E-state index in [2.05, 4.69) is 72.4 Å². The number of hydrogen-bond donors (Lipinski definition) is 0. The maximum atomic E-state index is 2.34. The summed E-state index contributed by atoms with van der Waals surface area (Å²) in [6, 6.07) is 9.26. The number of quaternary nitrogens is 1. The monoisotopic (exact) mass is 261 g/mol. The highest BCUT2D eigenvalue weighted by Crippen LogP contribution is 2.27. The maximum absolute atomic E-state index is 2.34. The molecule has 1 aromatic carbocycles. The van der Waals surface area contributed by atoms with Gasteiger partial charge in [0.2, 0.25) is 0 Å². The molecule has 0 unspecified atom stereocenters.